The second kappa shape index (κ2) is 8.97. The smallest absolute Gasteiger partial charge is 0.323 e. The molecule has 116 valence electrons. The van der Waals surface area contributed by atoms with Gasteiger partial charge >= 0.3 is 5.97 Å². The lowest BCUT2D eigenvalue weighted by Gasteiger charge is -2.12. The maximum absolute atomic E-state index is 11.8. The number of nitrogens with two attached hydrogens (primary N) is 1. The van der Waals surface area contributed by atoms with Crippen molar-refractivity contribution in [1.82, 2.24) is 0 Å². The third-order valence-electron chi connectivity index (χ3n) is 3.21. The van der Waals surface area contributed by atoms with Crippen molar-refractivity contribution in [2.24, 2.45) is 5.73 Å². The quantitative estimate of drug-likeness (QED) is 0.601. The van der Waals surface area contributed by atoms with Crippen LogP contribution in [0.3, 0.4) is 0 Å². The van der Waals surface area contributed by atoms with Gasteiger partial charge in [-0.1, -0.05) is 60.7 Å². The fourth-order valence-electron chi connectivity index (χ4n) is 1.93. The van der Waals surface area contributed by atoms with E-state index < -0.39 is 12.0 Å². The predicted octanol–water partition coefficient (Wildman–Crippen LogP) is 2.66. The summed E-state index contributed by atoms with van der Waals surface area (Å²) in [6.07, 6.45) is 0.445. The van der Waals surface area contributed by atoms with Crippen LogP contribution in [0.4, 0.5) is 0 Å². The summed E-state index contributed by atoms with van der Waals surface area (Å²) in [5.74, 6) is -0.396. The van der Waals surface area contributed by atoms with Crippen molar-refractivity contribution in [2.45, 2.75) is 25.7 Å². The Balaban J connectivity index is 1.62. The molecule has 0 saturated heterocycles. The van der Waals surface area contributed by atoms with Crippen LogP contribution in [0.5, 0.6) is 0 Å². The maximum Gasteiger partial charge on any atom is 0.323 e. The molecule has 0 aromatic heterocycles. The van der Waals surface area contributed by atoms with Crippen LogP contribution >= 0.6 is 0 Å². The number of ether oxygens (including phenoxy) is 2. The van der Waals surface area contributed by atoms with Crippen LogP contribution in [0.25, 0.3) is 0 Å². The number of benzene rings is 2. The second-order valence-corrected chi connectivity index (χ2v) is 5.03. The number of hydrogen-bond donors (Lipinski definition) is 1. The van der Waals surface area contributed by atoms with Gasteiger partial charge in [0, 0.05) is 6.61 Å². The first-order valence-corrected chi connectivity index (χ1v) is 7.33. The molecule has 0 fully saturated rings. The van der Waals surface area contributed by atoms with Gasteiger partial charge in [0.2, 0.25) is 0 Å². The lowest BCUT2D eigenvalue weighted by Crippen LogP contribution is -2.33. The minimum absolute atomic E-state index is 0.248. The largest absolute Gasteiger partial charge is 0.460 e. The summed E-state index contributed by atoms with van der Waals surface area (Å²) >= 11 is 0. The SMILES string of the molecule is N[C@@H](CCOCc1ccccc1)C(=O)OCc1ccccc1. The highest BCUT2D eigenvalue weighted by Crippen LogP contribution is 2.04. The maximum atomic E-state index is 11.8. The minimum atomic E-state index is -0.653. The Morgan fingerprint density at radius 3 is 2.05 bits per heavy atom. The van der Waals surface area contributed by atoms with Gasteiger partial charge in [-0.15, -0.1) is 0 Å². The summed E-state index contributed by atoms with van der Waals surface area (Å²) in [5, 5.41) is 0. The van der Waals surface area contributed by atoms with E-state index in [0.29, 0.717) is 19.6 Å². The number of carbonyl (C=O) groups excluding carboxylic acids is 1. The highest BCUT2D eigenvalue weighted by Gasteiger charge is 2.14. The van der Waals surface area contributed by atoms with E-state index in [1.54, 1.807) is 0 Å². The summed E-state index contributed by atoms with van der Waals surface area (Å²) in [7, 11) is 0. The Hall–Kier alpha value is -2.17. The first kappa shape index (κ1) is 16.2. The highest BCUT2D eigenvalue weighted by atomic mass is 16.5. The number of carbonyl (C=O) groups is 1. The van der Waals surface area contributed by atoms with Crippen molar-refractivity contribution < 1.29 is 14.3 Å². The first-order chi connectivity index (χ1) is 10.8. The Morgan fingerprint density at radius 1 is 0.909 bits per heavy atom. The van der Waals surface area contributed by atoms with E-state index in [1.165, 1.54) is 0 Å². The number of esters is 1. The second-order valence-electron chi connectivity index (χ2n) is 5.03. The average Bonchev–Trinajstić information content (AvgIpc) is 2.58. The molecule has 2 aromatic rings. The zero-order valence-electron chi connectivity index (χ0n) is 12.5. The molecule has 0 unspecified atom stereocenters. The van der Waals surface area contributed by atoms with Gasteiger partial charge in [-0.2, -0.15) is 0 Å². The fraction of sp³-hybridized carbons (Fsp3) is 0.278. The summed E-state index contributed by atoms with van der Waals surface area (Å²) < 4.78 is 10.7. The zero-order chi connectivity index (χ0) is 15.6. The summed E-state index contributed by atoms with van der Waals surface area (Å²) in [6, 6.07) is 18.8. The minimum Gasteiger partial charge on any atom is -0.460 e. The van der Waals surface area contributed by atoms with E-state index in [0.717, 1.165) is 11.1 Å². The lowest BCUT2D eigenvalue weighted by atomic mass is 10.2. The molecule has 22 heavy (non-hydrogen) atoms. The first-order valence-electron chi connectivity index (χ1n) is 7.33. The van der Waals surface area contributed by atoms with Crippen molar-refractivity contribution in [3.63, 3.8) is 0 Å². The van der Waals surface area contributed by atoms with E-state index in [2.05, 4.69) is 0 Å². The molecule has 1 atom stereocenters. The van der Waals surface area contributed by atoms with Crippen molar-refractivity contribution in [2.75, 3.05) is 6.61 Å². The van der Waals surface area contributed by atoms with Crippen molar-refractivity contribution in [1.29, 1.82) is 0 Å². The topological polar surface area (TPSA) is 61.5 Å². The van der Waals surface area contributed by atoms with Crippen molar-refractivity contribution in [3.8, 4) is 0 Å². The van der Waals surface area contributed by atoms with Crippen LogP contribution in [0, 0.1) is 0 Å². The molecule has 2 aromatic carbocycles. The average molecular weight is 299 g/mol. The van der Waals surface area contributed by atoms with Crippen LogP contribution < -0.4 is 5.73 Å². The van der Waals surface area contributed by atoms with Crippen molar-refractivity contribution in [3.05, 3.63) is 71.8 Å². The van der Waals surface area contributed by atoms with Crippen LogP contribution in [0.1, 0.15) is 17.5 Å². The van der Waals surface area contributed by atoms with Gasteiger partial charge in [-0.3, -0.25) is 4.79 Å². The molecule has 0 aliphatic rings. The highest BCUT2D eigenvalue weighted by molar-refractivity contribution is 5.75. The molecule has 0 bridgehead atoms. The molecule has 0 amide bonds. The third kappa shape index (κ3) is 5.68. The van der Waals surface area contributed by atoms with Crippen molar-refractivity contribution >= 4 is 5.97 Å². The molecular weight excluding hydrogens is 278 g/mol. The molecule has 2 N–H and O–H groups in total. The van der Waals surface area contributed by atoms with Crippen LogP contribution in [0.2, 0.25) is 0 Å². The van der Waals surface area contributed by atoms with Crippen LogP contribution in [-0.4, -0.2) is 18.6 Å². The molecule has 4 heteroatoms. The molecule has 0 saturated carbocycles. The van der Waals surface area contributed by atoms with Gasteiger partial charge in [0.05, 0.1) is 6.61 Å². The zero-order valence-corrected chi connectivity index (χ0v) is 12.5. The standard InChI is InChI=1S/C18H21NO3/c19-17(11-12-21-13-15-7-3-1-4-8-15)18(20)22-14-16-9-5-2-6-10-16/h1-10,17H,11-14,19H2/t17-/m0/s1. The Labute approximate surface area is 130 Å². The molecule has 2 rings (SSSR count). The number of rotatable bonds is 8. The van der Waals surface area contributed by atoms with E-state index in [-0.39, 0.29) is 6.61 Å². The van der Waals surface area contributed by atoms with Crippen LogP contribution in [0.15, 0.2) is 60.7 Å². The van der Waals surface area contributed by atoms with Gasteiger partial charge in [-0.25, -0.2) is 0 Å². The van der Waals surface area contributed by atoms with Gasteiger partial charge in [0.1, 0.15) is 12.6 Å². The number of hydrogen-bond acceptors (Lipinski definition) is 4. The molecule has 0 radical (unpaired) electrons. The summed E-state index contributed by atoms with van der Waals surface area (Å²) in [5.41, 5.74) is 7.85. The van der Waals surface area contributed by atoms with Gasteiger partial charge in [0.25, 0.3) is 0 Å². The van der Waals surface area contributed by atoms with E-state index >= 15 is 0 Å². The molecular formula is C18H21NO3. The Morgan fingerprint density at radius 2 is 1.45 bits per heavy atom. The van der Waals surface area contributed by atoms with E-state index in [9.17, 15) is 4.79 Å². The Bertz CT molecular complexity index is 557. The lowest BCUT2D eigenvalue weighted by molar-refractivity contribution is -0.147. The van der Waals surface area contributed by atoms with E-state index in [1.807, 2.05) is 60.7 Å². The van der Waals surface area contributed by atoms with Gasteiger partial charge < -0.3 is 15.2 Å². The van der Waals surface area contributed by atoms with Gasteiger partial charge in [0.15, 0.2) is 0 Å². The molecule has 0 aliphatic heterocycles. The van der Waals surface area contributed by atoms with E-state index in [4.69, 9.17) is 15.2 Å². The summed E-state index contributed by atoms with van der Waals surface area (Å²) in [4.78, 5) is 11.8. The van der Waals surface area contributed by atoms with Gasteiger partial charge in [-0.05, 0) is 17.5 Å². The molecule has 0 heterocycles. The Kier molecular flexibility index (Phi) is 6.61. The predicted molar refractivity (Wildman–Crippen MR) is 84.9 cm³/mol. The molecule has 0 spiro atoms. The normalized spacial score (nSPS) is 11.9. The summed E-state index contributed by atoms with van der Waals surface area (Å²) in [6.45, 7) is 1.20. The third-order valence-corrected chi connectivity index (χ3v) is 3.21. The molecule has 4 nitrogen and oxygen atoms in total. The fourth-order valence-corrected chi connectivity index (χ4v) is 1.93. The molecule has 0 aliphatic carbocycles. The van der Waals surface area contributed by atoms with Crippen LogP contribution in [-0.2, 0) is 27.5 Å². The monoisotopic (exact) mass is 299 g/mol.